The van der Waals surface area contributed by atoms with Crippen molar-refractivity contribution < 1.29 is 15.3 Å². The molecular weight excluding hydrogens is 194 g/mol. The molecule has 0 saturated heterocycles. The number of hydrogen-bond acceptors (Lipinski definition) is 4. The van der Waals surface area contributed by atoms with Crippen molar-refractivity contribution in [1.29, 1.82) is 0 Å². The molecule has 0 saturated carbocycles. The lowest BCUT2D eigenvalue weighted by Crippen LogP contribution is -2.41. The van der Waals surface area contributed by atoms with E-state index in [-0.39, 0.29) is 25.2 Å². The zero-order valence-corrected chi connectivity index (χ0v) is 9.95. The van der Waals surface area contributed by atoms with Crippen molar-refractivity contribution in [3.63, 3.8) is 0 Å². The number of hydrogen-bond donors (Lipinski definition) is 3. The SMILES string of the molecule is CCCC(C)(CO)CN(CCO)CCO. The van der Waals surface area contributed by atoms with E-state index in [1.165, 1.54) is 0 Å². The molecule has 0 fully saturated rings. The standard InChI is InChI=1S/C11H25NO3/c1-3-4-11(2,10-15)9-12(5-7-13)6-8-14/h13-15H,3-10H2,1-2H3. The van der Waals surface area contributed by atoms with Gasteiger partial charge in [-0.1, -0.05) is 20.3 Å². The Kier molecular flexibility index (Phi) is 7.96. The third-order valence-corrected chi connectivity index (χ3v) is 2.67. The highest BCUT2D eigenvalue weighted by molar-refractivity contribution is 4.77. The molecule has 0 aliphatic rings. The fraction of sp³-hybridized carbons (Fsp3) is 1.00. The van der Waals surface area contributed by atoms with E-state index >= 15 is 0 Å². The summed E-state index contributed by atoms with van der Waals surface area (Å²) in [5.41, 5.74) is -0.126. The highest BCUT2D eigenvalue weighted by Gasteiger charge is 2.25. The lowest BCUT2D eigenvalue weighted by atomic mass is 9.86. The second-order valence-corrected chi connectivity index (χ2v) is 4.44. The monoisotopic (exact) mass is 219 g/mol. The molecule has 3 N–H and O–H groups in total. The molecule has 0 aromatic heterocycles. The molecule has 0 rings (SSSR count). The van der Waals surface area contributed by atoms with Gasteiger partial charge in [0.05, 0.1) is 13.2 Å². The minimum absolute atomic E-state index is 0.0909. The van der Waals surface area contributed by atoms with Crippen molar-refractivity contribution >= 4 is 0 Å². The Morgan fingerprint density at radius 3 is 1.93 bits per heavy atom. The second-order valence-electron chi connectivity index (χ2n) is 4.44. The van der Waals surface area contributed by atoms with Crippen LogP contribution in [0.4, 0.5) is 0 Å². The van der Waals surface area contributed by atoms with Crippen LogP contribution in [0.25, 0.3) is 0 Å². The van der Waals surface area contributed by atoms with Crippen molar-refractivity contribution in [2.24, 2.45) is 5.41 Å². The van der Waals surface area contributed by atoms with E-state index in [1.54, 1.807) is 0 Å². The van der Waals surface area contributed by atoms with E-state index in [9.17, 15) is 5.11 Å². The van der Waals surface area contributed by atoms with Crippen LogP contribution in [0.3, 0.4) is 0 Å². The van der Waals surface area contributed by atoms with Gasteiger partial charge in [0, 0.05) is 31.7 Å². The summed E-state index contributed by atoms with van der Waals surface area (Å²) in [4.78, 5) is 1.99. The molecule has 0 aliphatic carbocycles. The van der Waals surface area contributed by atoms with Crippen molar-refractivity contribution in [2.75, 3.05) is 39.5 Å². The smallest absolute Gasteiger partial charge is 0.0558 e. The molecule has 0 aromatic rings. The molecular formula is C11H25NO3. The fourth-order valence-electron chi connectivity index (χ4n) is 1.90. The van der Waals surface area contributed by atoms with Gasteiger partial charge in [-0.25, -0.2) is 0 Å². The van der Waals surface area contributed by atoms with Gasteiger partial charge in [-0.3, -0.25) is 4.90 Å². The number of rotatable bonds is 9. The third kappa shape index (κ3) is 6.10. The van der Waals surface area contributed by atoms with Crippen LogP contribution in [0.5, 0.6) is 0 Å². The Labute approximate surface area is 92.5 Å². The van der Waals surface area contributed by atoms with Gasteiger partial charge in [0.2, 0.25) is 0 Å². The van der Waals surface area contributed by atoms with Crippen molar-refractivity contribution in [3.8, 4) is 0 Å². The van der Waals surface area contributed by atoms with Gasteiger partial charge in [-0.05, 0) is 6.42 Å². The van der Waals surface area contributed by atoms with E-state index < -0.39 is 0 Å². The van der Waals surface area contributed by atoms with E-state index in [4.69, 9.17) is 10.2 Å². The third-order valence-electron chi connectivity index (χ3n) is 2.67. The van der Waals surface area contributed by atoms with E-state index in [0.29, 0.717) is 13.1 Å². The Morgan fingerprint density at radius 2 is 1.60 bits per heavy atom. The first-order valence-corrected chi connectivity index (χ1v) is 5.67. The molecule has 4 nitrogen and oxygen atoms in total. The largest absolute Gasteiger partial charge is 0.396 e. The average Bonchev–Trinajstić information content (AvgIpc) is 2.19. The van der Waals surface area contributed by atoms with Gasteiger partial charge in [0.15, 0.2) is 0 Å². The highest BCUT2D eigenvalue weighted by Crippen LogP contribution is 2.23. The first-order chi connectivity index (χ1) is 7.11. The molecule has 0 radical (unpaired) electrons. The van der Waals surface area contributed by atoms with Gasteiger partial charge < -0.3 is 15.3 Å². The van der Waals surface area contributed by atoms with Gasteiger partial charge in [0.1, 0.15) is 0 Å². The van der Waals surface area contributed by atoms with Crippen molar-refractivity contribution in [2.45, 2.75) is 26.7 Å². The Balaban J connectivity index is 4.19. The maximum absolute atomic E-state index is 9.35. The molecule has 1 atom stereocenters. The summed E-state index contributed by atoms with van der Waals surface area (Å²) in [7, 11) is 0. The normalized spacial score (nSPS) is 15.6. The van der Waals surface area contributed by atoms with E-state index in [1.807, 2.05) is 11.8 Å². The molecule has 15 heavy (non-hydrogen) atoms. The van der Waals surface area contributed by atoms with Crippen LogP contribution in [-0.2, 0) is 0 Å². The summed E-state index contributed by atoms with van der Waals surface area (Å²) in [5, 5.41) is 27.1. The fourth-order valence-corrected chi connectivity index (χ4v) is 1.90. The average molecular weight is 219 g/mol. The Hall–Kier alpha value is -0.160. The quantitative estimate of drug-likeness (QED) is 0.513. The Bertz CT molecular complexity index is 149. The first-order valence-electron chi connectivity index (χ1n) is 5.67. The molecule has 0 spiro atoms. The second kappa shape index (κ2) is 8.05. The van der Waals surface area contributed by atoms with Crippen LogP contribution in [0, 0.1) is 5.41 Å². The molecule has 0 heterocycles. The van der Waals surface area contributed by atoms with Crippen LogP contribution in [0.1, 0.15) is 26.7 Å². The zero-order valence-electron chi connectivity index (χ0n) is 9.95. The number of aliphatic hydroxyl groups is 3. The summed E-state index contributed by atoms with van der Waals surface area (Å²) in [6.45, 7) is 6.29. The highest BCUT2D eigenvalue weighted by atomic mass is 16.3. The van der Waals surface area contributed by atoms with Crippen LogP contribution in [-0.4, -0.2) is 59.7 Å². The molecule has 0 bridgehead atoms. The lowest BCUT2D eigenvalue weighted by Gasteiger charge is -2.33. The van der Waals surface area contributed by atoms with Gasteiger partial charge in [0.25, 0.3) is 0 Å². The molecule has 0 aromatic carbocycles. The van der Waals surface area contributed by atoms with Crippen LogP contribution < -0.4 is 0 Å². The molecule has 92 valence electrons. The topological polar surface area (TPSA) is 63.9 Å². The first kappa shape index (κ1) is 14.8. The maximum atomic E-state index is 9.35. The van der Waals surface area contributed by atoms with Crippen LogP contribution >= 0.6 is 0 Å². The van der Waals surface area contributed by atoms with Gasteiger partial charge in [-0.2, -0.15) is 0 Å². The van der Waals surface area contributed by atoms with E-state index in [0.717, 1.165) is 19.4 Å². The predicted molar refractivity (Wildman–Crippen MR) is 60.7 cm³/mol. The van der Waals surface area contributed by atoms with Crippen molar-refractivity contribution in [1.82, 2.24) is 4.90 Å². The molecule has 0 amide bonds. The number of aliphatic hydroxyl groups excluding tert-OH is 3. The molecule has 0 aliphatic heterocycles. The predicted octanol–water partition coefficient (Wildman–Crippen LogP) is 0.0717. The zero-order chi connectivity index (χ0) is 11.7. The summed E-state index contributed by atoms with van der Waals surface area (Å²) in [5.74, 6) is 0. The molecule has 4 heteroatoms. The summed E-state index contributed by atoms with van der Waals surface area (Å²) in [6, 6.07) is 0. The van der Waals surface area contributed by atoms with E-state index in [2.05, 4.69) is 6.92 Å². The summed E-state index contributed by atoms with van der Waals surface area (Å²) < 4.78 is 0. The lowest BCUT2D eigenvalue weighted by molar-refractivity contribution is 0.0621. The number of nitrogens with zero attached hydrogens (tertiary/aromatic N) is 1. The summed E-state index contributed by atoms with van der Waals surface area (Å²) >= 11 is 0. The van der Waals surface area contributed by atoms with Gasteiger partial charge >= 0.3 is 0 Å². The van der Waals surface area contributed by atoms with Crippen LogP contribution in [0.15, 0.2) is 0 Å². The maximum Gasteiger partial charge on any atom is 0.0558 e. The van der Waals surface area contributed by atoms with Crippen LogP contribution in [0.2, 0.25) is 0 Å². The van der Waals surface area contributed by atoms with Gasteiger partial charge in [-0.15, -0.1) is 0 Å². The Morgan fingerprint density at radius 1 is 1.07 bits per heavy atom. The minimum Gasteiger partial charge on any atom is -0.396 e. The minimum atomic E-state index is -0.126. The van der Waals surface area contributed by atoms with Crippen molar-refractivity contribution in [3.05, 3.63) is 0 Å². The summed E-state index contributed by atoms with van der Waals surface area (Å²) in [6.07, 6.45) is 1.99. The molecule has 1 unspecified atom stereocenters.